The summed E-state index contributed by atoms with van der Waals surface area (Å²) in [6, 6.07) is 7.77. The second-order valence-corrected chi connectivity index (χ2v) is 3.72. The highest BCUT2D eigenvalue weighted by Crippen LogP contribution is 2.26. The Hall–Kier alpha value is -1.81. The number of H-pyrrole nitrogens is 1. The minimum atomic E-state index is -0.0316. The maximum absolute atomic E-state index is 5.87. The highest BCUT2D eigenvalue weighted by atomic mass is 16.5. The Morgan fingerprint density at radius 2 is 2.00 bits per heavy atom. The van der Waals surface area contributed by atoms with Crippen molar-refractivity contribution in [1.82, 2.24) is 10.2 Å². The van der Waals surface area contributed by atoms with Crippen molar-refractivity contribution in [2.24, 2.45) is 5.73 Å². The summed E-state index contributed by atoms with van der Waals surface area (Å²) in [7, 11) is 1.65. The van der Waals surface area contributed by atoms with Crippen LogP contribution in [0.15, 0.2) is 30.5 Å². The molecule has 2 rings (SSSR count). The van der Waals surface area contributed by atoms with Gasteiger partial charge in [0.15, 0.2) is 0 Å². The van der Waals surface area contributed by atoms with Crippen LogP contribution in [0.3, 0.4) is 0 Å². The lowest BCUT2D eigenvalue weighted by Gasteiger charge is -2.07. The van der Waals surface area contributed by atoms with Crippen molar-refractivity contribution in [3.05, 3.63) is 36.0 Å². The van der Waals surface area contributed by atoms with Crippen LogP contribution in [0.4, 0.5) is 0 Å². The van der Waals surface area contributed by atoms with Crippen LogP contribution >= 0.6 is 0 Å². The van der Waals surface area contributed by atoms with Crippen molar-refractivity contribution in [2.75, 3.05) is 7.11 Å². The summed E-state index contributed by atoms with van der Waals surface area (Å²) in [5, 5.41) is 7.00. The van der Waals surface area contributed by atoms with Crippen molar-refractivity contribution in [1.29, 1.82) is 0 Å². The number of hydrogen-bond donors (Lipinski definition) is 2. The number of nitrogens with two attached hydrogens (primary N) is 1. The van der Waals surface area contributed by atoms with Crippen molar-refractivity contribution in [3.63, 3.8) is 0 Å². The van der Waals surface area contributed by atoms with Crippen LogP contribution in [0.2, 0.25) is 0 Å². The van der Waals surface area contributed by atoms with E-state index in [-0.39, 0.29) is 6.04 Å². The first-order valence-corrected chi connectivity index (χ1v) is 5.15. The zero-order valence-electron chi connectivity index (χ0n) is 9.40. The lowest BCUT2D eigenvalue weighted by Crippen LogP contribution is -2.05. The molecule has 4 heteroatoms. The number of methoxy groups -OCH3 is 1. The van der Waals surface area contributed by atoms with Gasteiger partial charge in [0.1, 0.15) is 5.75 Å². The van der Waals surface area contributed by atoms with Gasteiger partial charge in [0.2, 0.25) is 0 Å². The van der Waals surface area contributed by atoms with E-state index in [1.54, 1.807) is 13.3 Å². The first kappa shape index (κ1) is 10.7. The zero-order chi connectivity index (χ0) is 11.5. The second kappa shape index (κ2) is 4.37. The molecule has 84 valence electrons. The van der Waals surface area contributed by atoms with Crippen LogP contribution in [0, 0.1) is 0 Å². The predicted octanol–water partition coefficient (Wildman–Crippen LogP) is 2.10. The fourth-order valence-electron chi connectivity index (χ4n) is 1.63. The van der Waals surface area contributed by atoms with E-state index in [0.29, 0.717) is 0 Å². The third-order valence-electron chi connectivity index (χ3n) is 2.54. The normalized spacial score (nSPS) is 12.4. The Bertz CT molecular complexity index is 459. The number of aromatic amines is 1. The van der Waals surface area contributed by atoms with E-state index >= 15 is 0 Å². The van der Waals surface area contributed by atoms with Gasteiger partial charge < -0.3 is 10.5 Å². The number of nitrogens with zero attached hydrogens (tertiary/aromatic N) is 1. The number of aromatic nitrogens is 2. The van der Waals surface area contributed by atoms with E-state index in [1.807, 2.05) is 31.2 Å². The number of hydrogen-bond acceptors (Lipinski definition) is 3. The topological polar surface area (TPSA) is 63.9 Å². The Morgan fingerprint density at radius 3 is 2.56 bits per heavy atom. The third kappa shape index (κ3) is 1.92. The molecule has 1 atom stereocenters. The molecule has 0 saturated heterocycles. The molecule has 0 spiro atoms. The Morgan fingerprint density at radius 1 is 1.31 bits per heavy atom. The maximum atomic E-state index is 5.87. The van der Waals surface area contributed by atoms with E-state index in [1.165, 1.54) is 0 Å². The quantitative estimate of drug-likeness (QED) is 0.827. The second-order valence-electron chi connectivity index (χ2n) is 3.72. The van der Waals surface area contributed by atoms with Gasteiger partial charge in [-0.2, -0.15) is 5.10 Å². The van der Waals surface area contributed by atoms with E-state index in [9.17, 15) is 0 Å². The molecule has 3 N–H and O–H groups in total. The molecule has 0 aliphatic heterocycles. The van der Waals surface area contributed by atoms with Gasteiger partial charge in [-0.1, -0.05) is 0 Å². The molecular formula is C12H15N3O. The van der Waals surface area contributed by atoms with Gasteiger partial charge >= 0.3 is 0 Å². The molecule has 1 heterocycles. The number of rotatable bonds is 3. The van der Waals surface area contributed by atoms with Gasteiger partial charge in [0.05, 0.1) is 19.0 Å². The first-order valence-electron chi connectivity index (χ1n) is 5.15. The van der Waals surface area contributed by atoms with Crippen molar-refractivity contribution >= 4 is 0 Å². The monoisotopic (exact) mass is 217 g/mol. The summed E-state index contributed by atoms with van der Waals surface area (Å²) in [4.78, 5) is 0. The van der Waals surface area contributed by atoms with E-state index in [4.69, 9.17) is 10.5 Å². The fraction of sp³-hybridized carbons (Fsp3) is 0.250. The molecule has 1 unspecified atom stereocenters. The van der Waals surface area contributed by atoms with Gasteiger partial charge in [0, 0.05) is 17.2 Å². The molecule has 16 heavy (non-hydrogen) atoms. The van der Waals surface area contributed by atoms with Crippen LogP contribution in [-0.2, 0) is 0 Å². The van der Waals surface area contributed by atoms with Crippen molar-refractivity contribution < 1.29 is 4.74 Å². The number of nitrogens with one attached hydrogen (secondary N) is 1. The lowest BCUT2D eigenvalue weighted by molar-refractivity contribution is 0.415. The van der Waals surface area contributed by atoms with E-state index < -0.39 is 0 Å². The highest BCUT2D eigenvalue weighted by molar-refractivity contribution is 5.63. The highest BCUT2D eigenvalue weighted by Gasteiger charge is 2.10. The summed E-state index contributed by atoms with van der Waals surface area (Å²) in [5.41, 5.74) is 8.92. The molecule has 0 amide bonds. The molecule has 0 bridgehead atoms. The minimum Gasteiger partial charge on any atom is -0.497 e. The molecule has 2 aromatic rings. The largest absolute Gasteiger partial charge is 0.497 e. The molecular weight excluding hydrogens is 202 g/mol. The first-order chi connectivity index (χ1) is 7.72. The average molecular weight is 217 g/mol. The predicted molar refractivity (Wildman–Crippen MR) is 63.2 cm³/mol. The van der Waals surface area contributed by atoms with Gasteiger partial charge in [0.25, 0.3) is 0 Å². The van der Waals surface area contributed by atoms with Gasteiger partial charge in [-0.15, -0.1) is 0 Å². The SMILES string of the molecule is COc1ccc(-c2[nH]ncc2C(C)N)cc1. The summed E-state index contributed by atoms with van der Waals surface area (Å²) < 4.78 is 5.11. The fourth-order valence-corrected chi connectivity index (χ4v) is 1.63. The van der Waals surface area contributed by atoms with Crippen molar-refractivity contribution in [3.8, 4) is 17.0 Å². The van der Waals surface area contributed by atoms with Crippen LogP contribution in [0.1, 0.15) is 18.5 Å². The molecule has 0 radical (unpaired) electrons. The summed E-state index contributed by atoms with van der Waals surface area (Å²) in [6.07, 6.45) is 1.77. The van der Waals surface area contributed by atoms with E-state index in [2.05, 4.69) is 10.2 Å². The van der Waals surface area contributed by atoms with Gasteiger partial charge in [-0.3, -0.25) is 5.10 Å². The summed E-state index contributed by atoms with van der Waals surface area (Å²) in [5.74, 6) is 0.839. The van der Waals surface area contributed by atoms with Crippen molar-refractivity contribution in [2.45, 2.75) is 13.0 Å². The average Bonchev–Trinajstić information content (AvgIpc) is 2.78. The van der Waals surface area contributed by atoms with Gasteiger partial charge in [-0.05, 0) is 31.2 Å². The zero-order valence-corrected chi connectivity index (χ0v) is 9.40. The summed E-state index contributed by atoms with van der Waals surface area (Å²) >= 11 is 0. The number of ether oxygens (including phenoxy) is 1. The molecule has 0 aliphatic carbocycles. The number of benzene rings is 1. The molecule has 1 aromatic carbocycles. The van der Waals surface area contributed by atoms with Crippen LogP contribution in [0.25, 0.3) is 11.3 Å². The Balaban J connectivity index is 2.38. The molecule has 0 fully saturated rings. The molecule has 4 nitrogen and oxygen atoms in total. The van der Waals surface area contributed by atoms with Crippen LogP contribution in [0.5, 0.6) is 5.75 Å². The molecule has 0 saturated carbocycles. The Labute approximate surface area is 94.4 Å². The summed E-state index contributed by atoms with van der Waals surface area (Å²) in [6.45, 7) is 1.94. The Kier molecular flexibility index (Phi) is 2.92. The molecule has 0 aliphatic rings. The minimum absolute atomic E-state index is 0.0316. The maximum Gasteiger partial charge on any atom is 0.118 e. The standard InChI is InChI=1S/C12H15N3O/c1-8(13)11-7-14-15-12(11)9-3-5-10(16-2)6-4-9/h3-8H,13H2,1-2H3,(H,14,15). The third-order valence-corrected chi connectivity index (χ3v) is 2.54. The smallest absolute Gasteiger partial charge is 0.118 e. The van der Waals surface area contributed by atoms with Crippen LogP contribution in [-0.4, -0.2) is 17.3 Å². The molecule has 1 aromatic heterocycles. The lowest BCUT2D eigenvalue weighted by atomic mass is 10.0. The van der Waals surface area contributed by atoms with Crippen LogP contribution < -0.4 is 10.5 Å². The van der Waals surface area contributed by atoms with Gasteiger partial charge in [-0.25, -0.2) is 0 Å². The van der Waals surface area contributed by atoms with E-state index in [0.717, 1.165) is 22.6 Å².